The van der Waals surface area contributed by atoms with Gasteiger partial charge in [-0.05, 0) is 25.7 Å². The first-order chi connectivity index (χ1) is 7.08. The summed E-state index contributed by atoms with van der Waals surface area (Å²) in [6, 6.07) is 0.538. The summed E-state index contributed by atoms with van der Waals surface area (Å²) in [4.78, 5) is 0. The molecule has 3 heteroatoms. The molecule has 1 atom stereocenters. The van der Waals surface area contributed by atoms with Crippen LogP contribution in [0.3, 0.4) is 0 Å². The minimum atomic E-state index is 0.00604. The summed E-state index contributed by atoms with van der Waals surface area (Å²) in [6.07, 6.45) is 2.47. The Balaban J connectivity index is 2.12. The minimum absolute atomic E-state index is 0.00604. The number of hydrogen-bond donors (Lipinski definition) is 2. The summed E-state index contributed by atoms with van der Waals surface area (Å²) in [5, 5.41) is 12.7. The highest BCUT2D eigenvalue weighted by Gasteiger charge is 2.37. The molecule has 0 spiro atoms. The van der Waals surface area contributed by atoms with Crippen LogP contribution in [-0.4, -0.2) is 37.5 Å². The molecule has 90 valence electrons. The van der Waals surface area contributed by atoms with Crippen molar-refractivity contribution >= 4 is 0 Å². The zero-order valence-corrected chi connectivity index (χ0v) is 10.3. The lowest BCUT2D eigenvalue weighted by atomic mass is 9.86. The molecule has 1 fully saturated rings. The molecular formula is C12H25NO2. The third-order valence-electron chi connectivity index (χ3n) is 3.15. The number of aliphatic hydroxyl groups is 1. The van der Waals surface area contributed by atoms with Gasteiger partial charge in [0.05, 0.1) is 25.2 Å². The van der Waals surface area contributed by atoms with Crippen molar-refractivity contribution < 1.29 is 9.84 Å². The largest absolute Gasteiger partial charge is 0.396 e. The van der Waals surface area contributed by atoms with E-state index in [0.29, 0.717) is 19.3 Å². The van der Waals surface area contributed by atoms with Gasteiger partial charge >= 0.3 is 0 Å². The van der Waals surface area contributed by atoms with E-state index in [4.69, 9.17) is 4.74 Å². The van der Waals surface area contributed by atoms with Gasteiger partial charge in [-0.1, -0.05) is 13.8 Å². The van der Waals surface area contributed by atoms with Crippen LogP contribution in [0.15, 0.2) is 0 Å². The van der Waals surface area contributed by atoms with Crippen LogP contribution in [0, 0.1) is 11.3 Å². The van der Waals surface area contributed by atoms with Crippen molar-refractivity contribution in [1.82, 2.24) is 5.32 Å². The van der Waals surface area contributed by atoms with Gasteiger partial charge in [0, 0.05) is 12.6 Å². The zero-order valence-electron chi connectivity index (χ0n) is 10.3. The van der Waals surface area contributed by atoms with E-state index in [0.717, 1.165) is 12.5 Å². The van der Waals surface area contributed by atoms with Crippen LogP contribution >= 0.6 is 0 Å². The summed E-state index contributed by atoms with van der Waals surface area (Å²) < 4.78 is 5.16. The maximum atomic E-state index is 9.25. The molecule has 1 unspecified atom stereocenters. The summed E-state index contributed by atoms with van der Waals surface area (Å²) in [5.41, 5.74) is 0.00604. The number of nitrogens with one attached hydrogen (secondary N) is 1. The molecule has 0 aromatic rings. The van der Waals surface area contributed by atoms with Crippen molar-refractivity contribution in [3.63, 3.8) is 0 Å². The standard InChI is InChI=1S/C12H25NO2/c1-10(2)4-5-11(3)13-6-12(7-14)8-15-9-12/h10-11,13-14H,4-9H2,1-3H3. The molecule has 2 N–H and O–H groups in total. The molecule has 0 aromatic carbocycles. The second-order valence-corrected chi connectivity index (χ2v) is 5.40. The number of ether oxygens (including phenoxy) is 1. The van der Waals surface area contributed by atoms with Gasteiger partial charge < -0.3 is 15.2 Å². The van der Waals surface area contributed by atoms with Crippen molar-refractivity contribution in [2.45, 2.75) is 39.7 Å². The fraction of sp³-hybridized carbons (Fsp3) is 1.00. The van der Waals surface area contributed by atoms with E-state index < -0.39 is 0 Å². The normalized spacial score (nSPS) is 21.4. The smallest absolute Gasteiger partial charge is 0.0579 e. The van der Waals surface area contributed by atoms with Gasteiger partial charge in [-0.3, -0.25) is 0 Å². The second-order valence-electron chi connectivity index (χ2n) is 5.40. The molecule has 0 radical (unpaired) electrons. The van der Waals surface area contributed by atoms with Crippen LogP contribution in [0.2, 0.25) is 0 Å². The lowest BCUT2D eigenvalue weighted by molar-refractivity contribution is -0.135. The van der Waals surface area contributed by atoms with Gasteiger partial charge in [0.15, 0.2) is 0 Å². The molecule has 1 heterocycles. The topological polar surface area (TPSA) is 41.5 Å². The van der Waals surface area contributed by atoms with Crippen LogP contribution in [-0.2, 0) is 4.74 Å². The molecule has 0 aliphatic carbocycles. The molecule has 1 aliphatic heterocycles. The highest BCUT2D eigenvalue weighted by molar-refractivity contribution is 4.87. The molecule has 0 saturated carbocycles. The highest BCUT2D eigenvalue weighted by atomic mass is 16.5. The first kappa shape index (κ1) is 12.9. The Morgan fingerprint density at radius 1 is 1.27 bits per heavy atom. The van der Waals surface area contributed by atoms with E-state index in [9.17, 15) is 5.11 Å². The summed E-state index contributed by atoms with van der Waals surface area (Å²) in [5.74, 6) is 0.771. The van der Waals surface area contributed by atoms with Crippen LogP contribution in [0.4, 0.5) is 0 Å². The van der Waals surface area contributed by atoms with Crippen molar-refractivity contribution in [2.75, 3.05) is 26.4 Å². The van der Waals surface area contributed by atoms with Crippen LogP contribution in [0.5, 0.6) is 0 Å². The zero-order chi connectivity index (χ0) is 11.3. The molecule has 0 amide bonds. The number of hydrogen-bond acceptors (Lipinski definition) is 3. The first-order valence-electron chi connectivity index (χ1n) is 6.00. The van der Waals surface area contributed by atoms with E-state index in [1.54, 1.807) is 0 Å². The predicted molar refractivity (Wildman–Crippen MR) is 61.9 cm³/mol. The molecule has 1 rings (SSSR count). The van der Waals surface area contributed by atoms with E-state index >= 15 is 0 Å². The van der Waals surface area contributed by atoms with Gasteiger partial charge in [-0.25, -0.2) is 0 Å². The van der Waals surface area contributed by atoms with Crippen LogP contribution in [0.1, 0.15) is 33.6 Å². The Morgan fingerprint density at radius 2 is 1.93 bits per heavy atom. The van der Waals surface area contributed by atoms with Crippen molar-refractivity contribution in [1.29, 1.82) is 0 Å². The summed E-state index contributed by atoms with van der Waals surface area (Å²) in [6.45, 7) is 9.23. The van der Waals surface area contributed by atoms with Gasteiger partial charge in [0.1, 0.15) is 0 Å². The molecule has 15 heavy (non-hydrogen) atoms. The molecule has 1 saturated heterocycles. The van der Waals surface area contributed by atoms with E-state index in [2.05, 4.69) is 26.1 Å². The van der Waals surface area contributed by atoms with Gasteiger partial charge in [0.2, 0.25) is 0 Å². The number of aliphatic hydroxyl groups excluding tert-OH is 1. The SMILES string of the molecule is CC(C)CCC(C)NCC1(CO)COC1. The fourth-order valence-corrected chi connectivity index (χ4v) is 1.72. The van der Waals surface area contributed by atoms with E-state index in [1.165, 1.54) is 12.8 Å². The van der Waals surface area contributed by atoms with Crippen molar-refractivity contribution in [2.24, 2.45) is 11.3 Å². The Hall–Kier alpha value is -0.120. The van der Waals surface area contributed by atoms with Gasteiger partial charge in [-0.15, -0.1) is 0 Å². The lowest BCUT2D eigenvalue weighted by Crippen LogP contribution is -2.53. The Morgan fingerprint density at radius 3 is 2.33 bits per heavy atom. The van der Waals surface area contributed by atoms with Crippen molar-refractivity contribution in [3.8, 4) is 0 Å². The van der Waals surface area contributed by atoms with Gasteiger partial charge in [-0.2, -0.15) is 0 Å². The summed E-state index contributed by atoms with van der Waals surface area (Å²) >= 11 is 0. The first-order valence-corrected chi connectivity index (χ1v) is 6.00. The van der Waals surface area contributed by atoms with Gasteiger partial charge in [0.25, 0.3) is 0 Å². The molecule has 1 aliphatic rings. The second kappa shape index (κ2) is 5.83. The number of rotatable bonds is 7. The quantitative estimate of drug-likeness (QED) is 0.674. The lowest BCUT2D eigenvalue weighted by Gasteiger charge is -2.40. The Kier molecular flexibility index (Phi) is 5.03. The minimum Gasteiger partial charge on any atom is -0.396 e. The average Bonchev–Trinajstić information content (AvgIpc) is 2.14. The monoisotopic (exact) mass is 215 g/mol. The van der Waals surface area contributed by atoms with E-state index in [1.807, 2.05) is 0 Å². The fourth-order valence-electron chi connectivity index (χ4n) is 1.72. The predicted octanol–water partition coefficient (Wildman–Crippen LogP) is 1.41. The van der Waals surface area contributed by atoms with E-state index in [-0.39, 0.29) is 12.0 Å². The molecule has 0 aromatic heterocycles. The van der Waals surface area contributed by atoms with Crippen LogP contribution in [0.25, 0.3) is 0 Å². The maximum absolute atomic E-state index is 9.25. The Bertz CT molecular complexity index is 173. The average molecular weight is 215 g/mol. The third kappa shape index (κ3) is 4.09. The van der Waals surface area contributed by atoms with Crippen molar-refractivity contribution in [3.05, 3.63) is 0 Å². The Labute approximate surface area is 93.2 Å². The van der Waals surface area contributed by atoms with Crippen LogP contribution < -0.4 is 5.32 Å². The molecule has 0 bridgehead atoms. The molecule has 3 nitrogen and oxygen atoms in total. The molecular weight excluding hydrogens is 190 g/mol. The third-order valence-corrected chi connectivity index (χ3v) is 3.15. The summed E-state index contributed by atoms with van der Waals surface area (Å²) in [7, 11) is 0. The highest BCUT2D eigenvalue weighted by Crippen LogP contribution is 2.25. The maximum Gasteiger partial charge on any atom is 0.0579 e.